The van der Waals surface area contributed by atoms with Crippen LogP contribution in [0.4, 0.5) is 28.9 Å². The van der Waals surface area contributed by atoms with Crippen LogP contribution in [0.5, 0.6) is 34.5 Å². The second-order valence-corrected chi connectivity index (χ2v) is 33.7. The number of aromatic nitrogens is 12. The van der Waals surface area contributed by atoms with Crippen molar-refractivity contribution in [2.24, 2.45) is 0 Å². The minimum absolute atomic E-state index is 0.0349. The summed E-state index contributed by atoms with van der Waals surface area (Å²) in [5.41, 5.74) is 12.2. The SMILES string of the molecule is C=CC(=O)N1CCC[C@H]1c1nc(-c2ccc(C(=O)Nc3cccc(OC)c3F)cc2)c2cnccn12.C=CC(=O)N1CCC[C@H]1c1nc(-c2ccc(COc3cccc(OC)c3F)cc2)c2cnccn12.CC#CC(=O)N1CCC[C@H]1c1nc(-c2ccc(C(=O)Nc3cccc(OC)c3F)cc2)c2cnccn12.CC#CC(=O)N1CCC[C@H]1c1nc(-c2ccc(COc3cccc(OC)c3F)cc2)c2cnccn12. The third-order valence-corrected chi connectivity index (χ3v) is 25.2. The summed E-state index contributed by atoms with van der Waals surface area (Å²) in [4.78, 5) is 119. The average molecular weight is 1940 g/mol. The number of hydrogen-bond acceptors (Lipinski definition) is 20. The molecule has 4 saturated heterocycles. The van der Waals surface area contributed by atoms with E-state index in [0.29, 0.717) is 48.7 Å². The minimum Gasteiger partial charge on any atom is -0.494 e. The van der Waals surface area contributed by atoms with Crippen LogP contribution in [0.25, 0.3) is 67.1 Å². The van der Waals surface area contributed by atoms with Crippen molar-refractivity contribution in [3.05, 3.63) is 338 Å². The molecule has 8 aromatic heterocycles. The number of hydrogen-bond donors (Lipinski definition) is 2. The van der Waals surface area contributed by atoms with Gasteiger partial charge in [0, 0.05) is 109 Å². The topological polar surface area (TPSA) is 316 Å². The van der Waals surface area contributed by atoms with E-state index < -0.39 is 35.1 Å². The summed E-state index contributed by atoms with van der Waals surface area (Å²) in [5.74, 6) is 10.6. The van der Waals surface area contributed by atoms with Crippen LogP contribution in [-0.2, 0) is 32.4 Å². The van der Waals surface area contributed by atoms with Crippen molar-refractivity contribution in [3.63, 3.8) is 0 Å². The zero-order valence-electron chi connectivity index (χ0n) is 79.4. The molecule has 0 unspecified atom stereocenters. The Kier molecular flexibility index (Phi) is 30.3. The Morgan fingerprint density at radius 1 is 0.368 bits per heavy atom. The van der Waals surface area contributed by atoms with Gasteiger partial charge >= 0.3 is 0 Å². The molecule has 2 N–H and O–H groups in total. The number of carbonyl (C=O) groups is 6. The Labute approximate surface area is 825 Å². The van der Waals surface area contributed by atoms with E-state index >= 15 is 0 Å². The summed E-state index contributed by atoms with van der Waals surface area (Å²) in [5, 5.41) is 5.17. The highest BCUT2D eigenvalue weighted by atomic mass is 19.1. The monoisotopic (exact) mass is 1940 g/mol. The molecule has 12 heterocycles. The van der Waals surface area contributed by atoms with Gasteiger partial charge < -0.3 is 58.7 Å². The van der Waals surface area contributed by atoms with Crippen molar-refractivity contribution in [2.45, 2.75) is 103 Å². The fraction of sp³-hybridized carbons (Fsp3) is 0.218. The van der Waals surface area contributed by atoms with Crippen LogP contribution in [0.15, 0.2) is 270 Å². The van der Waals surface area contributed by atoms with Crippen molar-refractivity contribution in [3.8, 4) is 103 Å². The molecule has 0 aliphatic carbocycles. The van der Waals surface area contributed by atoms with Crippen LogP contribution in [0.1, 0.15) is 145 Å². The second kappa shape index (κ2) is 44.5. The van der Waals surface area contributed by atoms with Gasteiger partial charge in [0.05, 0.1) is 134 Å². The number of likely N-dealkylation sites (tertiary alicyclic amines) is 4. The Hall–Kier alpha value is -17.8. The van der Waals surface area contributed by atoms with Gasteiger partial charge in [-0.25, -0.2) is 28.7 Å². The highest BCUT2D eigenvalue weighted by Gasteiger charge is 2.38. The first kappa shape index (κ1) is 97.8. The van der Waals surface area contributed by atoms with Crippen LogP contribution >= 0.6 is 0 Å². The van der Waals surface area contributed by atoms with Gasteiger partial charge in [0.1, 0.15) is 36.5 Å². The van der Waals surface area contributed by atoms with Crippen LogP contribution in [0.2, 0.25) is 0 Å². The van der Waals surface area contributed by atoms with Gasteiger partial charge in [-0.2, -0.15) is 8.78 Å². The number of methoxy groups -OCH3 is 4. The summed E-state index contributed by atoms with van der Waals surface area (Å²) in [6.07, 6.45) is 30.8. The fourth-order valence-corrected chi connectivity index (χ4v) is 18.2. The van der Waals surface area contributed by atoms with Gasteiger partial charge in [-0.1, -0.05) is 122 Å². The van der Waals surface area contributed by atoms with Crippen LogP contribution in [0.3, 0.4) is 0 Å². The molecule has 4 aliphatic rings. The Bertz CT molecular complexity index is 7660. The number of rotatable bonds is 24. The molecule has 4 aliphatic heterocycles. The van der Waals surface area contributed by atoms with Gasteiger partial charge in [0.2, 0.25) is 23.4 Å². The molecule has 34 heteroatoms. The zero-order valence-corrected chi connectivity index (χ0v) is 79.4. The summed E-state index contributed by atoms with van der Waals surface area (Å²) in [6.45, 7) is 13.6. The standard InChI is InChI=1S/C28H24FN5O3.C28H25FN4O3.C27H24FN5O3.C27H25FN4O3/c1-3-6-24(35)33-15-5-8-21(33)27-32-26(22-17-30-14-16-34(22)27)18-10-12-19(13-11-18)28(36)31-20-7-4-9-23(37-2)25(20)29;1-3-6-25(34)32-15-5-7-21(32)28-31-27(22-17-30-14-16-33(22)28)20-12-10-19(11-13-20)18-36-24-9-4-8-23(35-2)26(24)29;1-3-23(34)32-14-5-7-20(32)26-31-25(21-16-29-13-15-33(21)26)17-9-11-18(12-10-17)27(35)30-19-6-4-8-22(36-2)24(19)28;1-3-24(33)31-14-5-6-20(31)27-30-26(21-16-29-13-15-32(21)27)19-11-9-18(10-12-19)17-35-23-8-4-7-22(34-2)25(23)28/h4,7,9-14,16-17,21H,5,8,15H2,1-2H3,(H,31,36);4,8-14,16-17,21H,5,7,15,18H2,1-2H3;3-4,6,8-13,15-16,20H,1,5,7,14H2,2H3,(H,30,35);3-4,7-13,15-16,20H,1,5-6,14,17H2,2H3/t2*21-;2*20-/m0000/s1. The lowest BCUT2D eigenvalue weighted by atomic mass is 10.1. The predicted octanol–water partition coefficient (Wildman–Crippen LogP) is 18.9. The maximum Gasteiger partial charge on any atom is 0.299 e. The molecule has 0 bridgehead atoms. The van der Waals surface area contributed by atoms with E-state index in [1.54, 1.807) is 175 Å². The van der Waals surface area contributed by atoms with E-state index in [4.69, 9.17) is 48.4 Å². The Morgan fingerprint density at radius 2 is 0.639 bits per heavy atom. The zero-order chi connectivity index (χ0) is 101. The lowest BCUT2D eigenvalue weighted by Gasteiger charge is -2.22. The summed E-state index contributed by atoms with van der Waals surface area (Å²) < 4.78 is 96.8. The van der Waals surface area contributed by atoms with E-state index in [9.17, 15) is 46.3 Å². The van der Waals surface area contributed by atoms with Crippen LogP contribution in [0, 0.1) is 47.0 Å². The molecular formula is C110H98F4N18O12. The van der Waals surface area contributed by atoms with Gasteiger partial charge in [-0.3, -0.25) is 66.3 Å². The van der Waals surface area contributed by atoms with Gasteiger partial charge in [0.25, 0.3) is 23.6 Å². The second-order valence-electron chi connectivity index (χ2n) is 33.7. The summed E-state index contributed by atoms with van der Waals surface area (Å²) >= 11 is 0. The molecule has 6 amide bonds. The summed E-state index contributed by atoms with van der Waals surface area (Å²) in [7, 11) is 5.57. The predicted molar refractivity (Wildman–Crippen MR) is 532 cm³/mol. The summed E-state index contributed by atoms with van der Waals surface area (Å²) in [6, 6.07) is 47.4. The van der Waals surface area contributed by atoms with Crippen molar-refractivity contribution < 1.29 is 74.8 Å². The first-order chi connectivity index (χ1) is 70.2. The smallest absolute Gasteiger partial charge is 0.299 e. The van der Waals surface area contributed by atoms with E-state index in [-0.39, 0.29) is 107 Å². The molecule has 4 atom stereocenters. The maximum atomic E-state index is 14.4. The first-order valence-electron chi connectivity index (χ1n) is 46.4. The van der Waals surface area contributed by atoms with Gasteiger partial charge in [-0.05, 0) is 173 Å². The highest BCUT2D eigenvalue weighted by Crippen LogP contribution is 2.42. The number of anilines is 2. The molecule has 4 fully saturated rings. The lowest BCUT2D eigenvalue weighted by Crippen LogP contribution is -2.30. The third-order valence-electron chi connectivity index (χ3n) is 25.2. The largest absolute Gasteiger partial charge is 0.494 e. The van der Waals surface area contributed by atoms with E-state index in [1.807, 2.05) is 95.8 Å². The van der Waals surface area contributed by atoms with E-state index in [2.05, 4.69) is 67.4 Å². The Morgan fingerprint density at radius 3 is 0.931 bits per heavy atom. The molecule has 0 spiro atoms. The van der Waals surface area contributed by atoms with Gasteiger partial charge in [0.15, 0.2) is 46.1 Å². The quantitative estimate of drug-likeness (QED) is 0.0322. The molecule has 8 aromatic carbocycles. The molecule has 0 radical (unpaired) electrons. The number of nitrogens with zero attached hydrogens (tertiary/aromatic N) is 16. The molecule has 16 aromatic rings. The number of benzene rings is 8. The fourth-order valence-electron chi connectivity index (χ4n) is 18.2. The molecule has 0 saturated carbocycles. The number of amides is 6. The normalized spacial score (nSPS) is 15.1. The maximum absolute atomic E-state index is 14.4. The highest BCUT2D eigenvalue weighted by molar-refractivity contribution is 6.06. The van der Waals surface area contributed by atoms with Crippen LogP contribution in [-0.4, -0.2) is 167 Å². The first-order valence-corrected chi connectivity index (χ1v) is 46.4. The molecule has 20 rings (SSSR count). The average Bonchev–Trinajstić information content (AvgIpc) is 1.62. The number of fused-ring (bicyclic) bond motifs is 4. The lowest BCUT2D eigenvalue weighted by molar-refractivity contribution is -0.127. The molecule has 30 nitrogen and oxygen atoms in total. The van der Waals surface area contributed by atoms with Crippen molar-refractivity contribution in [2.75, 3.05) is 65.3 Å². The van der Waals surface area contributed by atoms with E-state index in [0.717, 1.165) is 141 Å². The number of ether oxygens (including phenoxy) is 6. The molecule has 728 valence electrons. The number of carbonyl (C=O) groups excluding carboxylic acids is 6. The van der Waals surface area contributed by atoms with Crippen LogP contribution < -0.4 is 39.1 Å². The van der Waals surface area contributed by atoms with E-state index in [1.165, 1.54) is 64.9 Å². The van der Waals surface area contributed by atoms with Crippen molar-refractivity contribution >= 4 is 68.9 Å². The third kappa shape index (κ3) is 20.6. The Balaban J connectivity index is 0.000000132. The van der Waals surface area contributed by atoms with Crippen molar-refractivity contribution in [1.82, 2.24) is 77.1 Å². The number of halogens is 4. The van der Waals surface area contributed by atoms with Gasteiger partial charge in [-0.15, -0.1) is 0 Å². The van der Waals surface area contributed by atoms with Crippen molar-refractivity contribution in [1.29, 1.82) is 0 Å². The minimum atomic E-state index is -0.635. The molecule has 144 heavy (non-hydrogen) atoms. The molecular weight excluding hydrogens is 1840 g/mol. The number of imidazole rings is 4. The number of nitrogens with one attached hydrogen (secondary N) is 2.